The molecular weight excluding hydrogens is 252 g/mol. The van der Waals surface area contributed by atoms with Gasteiger partial charge < -0.3 is 19.5 Å². The van der Waals surface area contributed by atoms with Crippen molar-refractivity contribution in [3.63, 3.8) is 0 Å². The zero-order valence-corrected chi connectivity index (χ0v) is 13.1. The maximum atomic E-state index is 5.09. The lowest BCUT2D eigenvalue weighted by atomic mass is 10.2. The highest BCUT2D eigenvalue weighted by atomic mass is 16.5. The standard InChI is InChI=1S/C15H28N4O/c1-13-12-19(14-6-4-5-7-14)15(17-13)16-8-9-18(2)10-11-20-3/h12,14H,4-11H2,1-3H3,(H,16,17). The monoisotopic (exact) mass is 280 g/mol. The van der Waals surface area contributed by atoms with E-state index in [9.17, 15) is 0 Å². The number of aryl methyl sites for hydroxylation is 1. The third kappa shape index (κ3) is 4.21. The van der Waals surface area contributed by atoms with Gasteiger partial charge in [-0.3, -0.25) is 0 Å². The predicted octanol–water partition coefficient (Wildman–Crippen LogP) is 2.30. The smallest absolute Gasteiger partial charge is 0.203 e. The topological polar surface area (TPSA) is 42.3 Å². The van der Waals surface area contributed by atoms with Gasteiger partial charge >= 0.3 is 0 Å². The highest BCUT2D eigenvalue weighted by Gasteiger charge is 2.19. The summed E-state index contributed by atoms with van der Waals surface area (Å²) in [5.74, 6) is 1.04. The zero-order valence-electron chi connectivity index (χ0n) is 13.1. The van der Waals surface area contributed by atoms with E-state index in [1.165, 1.54) is 25.7 Å². The van der Waals surface area contributed by atoms with Gasteiger partial charge in [0.2, 0.25) is 5.95 Å². The number of aromatic nitrogens is 2. The van der Waals surface area contributed by atoms with E-state index in [4.69, 9.17) is 4.74 Å². The molecule has 1 aromatic rings. The molecule has 0 spiro atoms. The molecule has 5 heteroatoms. The average Bonchev–Trinajstić information content (AvgIpc) is 3.05. The fourth-order valence-electron chi connectivity index (χ4n) is 2.83. The van der Waals surface area contributed by atoms with Crippen molar-refractivity contribution in [2.75, 3.05) is 45.7 Å². The number of anilines is 1. The molecule has 1 aliphatic carbocycles. The van der Waals surface area contributed by atoms with Crippen LogP contribution in [-0.2, 0) is 4.74 Å². The molecule has 114 valence electrons. The fourth-order valence-corrected chi connectivity index (χ4v) is 2.83. The number of methoxy groups -OCH3 is 1. The van der Waals surface area contributed by atoms with Crippen molar-refractivity contribution in [1.82, 2.24) is 14.5 Å². The minimum Gasteiger partial charge on any atom is -0.383 e. The van der Waals surface area contributed by atoms with Gasteiger partial charge in [0.1, 0.15) is 0 Å². The number of nitrogens with one attached hydrogen (secondary N) is 1. The third-order valence-electron chi connectivity index (χ3n) is 4.02. The molecule has 0 radical (unpaired) electrons. The Balaban J connectivity index is 1.83. The number of imidazole rings is 1. The number of hydrogen-bond donors (Lipinski definition) is 1. The molecule has 0 bridgehead atoms. The highest BCUT2D eigenvalue weighted by Crippen LogP contribution is 2.31. The molecule has 0 aliphatic heterocycles. The lowest BCUT2D eigenvalue weighted by Crippen LogP contribution is -2.28. The van der Waals surface area contributed by atoms with Crippen molar-refractivity contribution >= 4 is 5.95 Å². The summed E-state index contributed by atoms with van der Waals surface area (Å²) in [7, 11) is 3.86. The van der Waals surface area contributed by atoms with E-state index in [1.54, 1.807) is 7.11 Å². The maximum Gasteiger partial charge on any atom is 0.203 e. The third-order valence-corrected chi connectivity index (χ3v) is 4.02. The summed E-state index contributed by atoms with van der Waals surface area (Å²) in [5, 5.41) is 3.49. The number of hydrogen-bond acceptors (Lipinski definition) is 4. The Hall–Kier alpha value is -1.07. The molecule has 1 saturated carbocycles. The van der Waals surface area contributed by atoms with Gasteiger partial charge in [0.25, 0.3) is 0 Å². The van der Waals surface area contributed by atoms with Gasteiger partial charge in [-0.25, -0.2) is 4.98 Å². The number of nitrogens with zero attached hydrogens (tertiary/aromatic N) is 3. The van der Waals surface area contributed by atoms with Crippen molar-refractivity contribution in [3.8, 4) is 0 Å². The van der Waals surface area contributed by atoms with Gasteiger partial charge in [-0.1, -0.05) is 12.8 Å². The van der Waals surface area contributed by atoms with Crippen LogP contribution >= 0.6 is 0 Å². The van der Waals surface area contributed by atoms with Crippen LogP contribution in [0.1, 0.15) is 37.4 Å². The minimum absolute atomic E-state index is 0.643. The minimum atomic E-state index is 0.643. The van der Waals surface area contributed by atoms with E-state index >= 15 is 0 Å². The average molecular weight is 280 g/mol. The first kappa shape index (κ1) is 15.3. The van der Waals surface area contributed by atoms with Crippen LogP contribution in [0.4, 0.5) is 5.95 Å². The second-order valence-corrected chi connectivity index (χ2v) is 5.77. The molecule has 0 saturated heterocycles. The summed E-state index contributed by atoms with van der Waals surface area (Å²) in [6, 6.07) is 0.643. The van der Waals surface area contributed by atoms with Crippen LogP contribution in [0, 0.1) is 6.92 Å². The number of likely N-dealkylation sites (N-methyl/N-ethyl adjacent to an activating group) is 1. The van der Waals surface area contributed by atoms with Crippen molar-refractivity contribution in [1.29, 1.82) is 0 Å². The van der Waals surface area contributed by atoms with Gasteiger partial charge in [-0.05, 0) is 26.8 Å². The predicted molar refractivity (Wildman–Crippen MR) is 82.3 cm³/mol. The van der Waals surface area contributed by atoms with E-state index in [2.05, 4.69) is 39.9 Å². The van der Waals surface area contributed by atoms with E-state index in [1.807, 2.05) is 0 Å². The molecule has 1 aromatic heterocycles. The van der Waals surface area contributed by atoms with E-state index < -0.39 is 0 Å². The second-order valence-electron chi connectivity index (χ2n) is 5.77. The first-order chi connectivity index (χ1) is 9.70. The zero-order chi connectivity index (χ0) is 14.4. The molecule has 1 aliphatic rings. The summed E-state index contributed by atoms with van der Waals surface area (Å²) < 4.78 is 7.43. The van der Waals surface area contributed by atoms with Gasteiger partial charge in [-0.2, -0.15) is 0 Å². The molecule has 2 rings (SSSR count). The molecule has 5 nitrogen and oxygen atoms in total. The van der Waals surface area contributed by atoms with Crippen LogP contribution in [0.5, 0.6) is 0 Å². The van der Waals surface area contributed by atoms with E-state index in [0.717, 1.165) is 37.9 Å². The van der Waals surface area contributed by atoms with E-state index in [-0.39, 0.29) is 0 Å². The summed E-state index contributed by atoms with van der Waals surface area (Å²) in [5.41, 5.74) is 1.10. The Labute approximate surface area is 122 Å². The van der Waals surface area contributed by atoms with Gasteiger partial charge in [0.05, 0.1) is 12.3 Å². The molecule has 0 atom stereocenters. The van der Waals surface area contributed by atoms with Crippen molar-refractivity contribution in [2.45, 2.75) is 38.6 Å². The van der Waals surface area contributed by atoms with Crippen molar-refractivity contribution in [3.05, 3.63) is 11.9 Å². The lowest BCUT2D eigenvalue weighted by Gasteiger charge is -2.18. The summed E-state index contributed by atoms with van der Waals surface area (Å²) in [4.78, 5) is 6.89. The van der Waals surface area contributed by atoms with Crippen LogP contribution in [0.2, 0.25) is 0 Å². The Bertz CT molecular complexity index is 399. The van der Waals surface area contributed by atoms with Crippen LogP contribution < -0.4 is 5.32 Å². The van der Waals surface area contributed by atoms with Crippen molar-refractivity contribution < 1.29 is 4.74 Å². The Kier molecular flexibility index (Phi) is 5.86. The quantitative estimate of drug-likeness (QED) is 0.793. The summed E-state index contributed by atoms with van der Waals surface area (Å²) in [6.07, 6.45) is 7.46. The maximum absolute atomic E-state index is 5.09. The summed E-state index contributed by atoms with van der Waals surface area (Å²) >= 11 is 0. The second kappa shape index (κ2) is 7.64. The fraction of sp³-hybridized carbons (Fsp3) is 0.800. The Morgan fingerprint density at radius 1 is 1.40 bits per heavy atom. The molecule has 1 heterocycles. The van der Waals surface area contributed by atoms with E-state index in [0.29, 0.717) is 6.04 Å². The molecule has 0 amide bonds. The van der Waals surface area contributed by atoms with Crippen LogP contribution in [0.15, 0.2) is 6.20 Å². The lowest BCUT2D eigenvalue weighted by molar-refractivity contribution is 0.163. The normalized spacial score (nSPS) is 16.2. The van der Waals surface area contributed by atoms with Gasteiger partial charge in [-0.15, -0.1) is 0 Å². The van der Waals surface area contributed by atoms with Crippen molar-refractivity contribution in [2.24, 2.45) is 0 Å². The van der Waals surface area contributed by atoms with Gasteiger partial charge in [0.15, 0.2) is 0 Å². The molecular formula is C15H28N4O. The Morgan fingerprint density at radius 2 is 2.15 bits per heavy atom. The SMILES string of the molecule is COCCN(C)CCNc1nc(C)cn1C1CCCC1. The first-order valence-corrected chi connectivity index (χ1v) is 7.67. The largest absolute Gasteiger partial charge is 0.383 e. The Morgan fingerprint density at radius 3 is 2.85 bits per heavy atom. The number of rotatable bonds is 8. The van der Waals surface area contributed by atoms with Crippen LogP contribution in [0.3, 0.4) is 0 Å². The van der Waals surface area contributed by atoms with Gasteiger partial charge in [0, 0.05) is 39.0 Å². The molecule has 1 N–H and O–H groups in total. The van der Waals surface area contributed by atoms with Crippen LogP contribution in [0.25, 0.3) is 0 Å². The number of ether oxygens (including phenoxy) is 1. The summed E-state index contributed by atoms with van der Waals surface area (Å²) in [6.45, 7) is 5.74. The van der Waals surface area contributed by atoms with Crippen LogP contribution in [-0.4, -0.2) is 54.8 Å². The molecule has 20 heavy (non-hydrogen) atoms. The molecule has 0 unspecified atom stereocenters. The molecule has 1 fully saturated rings. The first-order valence-electron chi connectivity index (χ1n) is 7.67. The molecule has 0 aromatic carbocycles. The highest BCUT2D eigenvalue weighted by molar-refractivity contribution is 5.29.